The van der Waals surface area contributed by atoms with Gasteiger partial charge >= 0.3 is 0 Å². The summed E-state index contributed by atoms with van der Waals surface area (Å²) in [5.74, 6) is 0.0162. The monoisotopic (exact) mass is 227 g/mol. The second-order valence-electron chi connectivity index (χ2n) is 3.59. The molecule has 3 aromatic rings. The lowest BCUT2D eigenvalue weighted by Crippen LogP contribution is -1.90. The smallest absolute Gasteiger partial charge is 0.177 e. The molecular formula is C13H13N3O. The topological polar surface area (TPSA) is 61.5 Å². The third-order valence-corrected chi connectivity index (χ3v) is 2.34. The molecule has 0 fully saturated rings. The largest absolute Gasteiger partial charge is 0.361 e. The summed E-state index contributed by atoms with van der Waals surface area (Å²) < 4.78 is 0. The van der Waals surface area contributed by atoms with Crippen molar-refractivity contribution in [3.63, 3.8) is 0 Å². The molecule has 0 radical (unpaired) electrons. The zero-order valence-corrected chi connectivity index (χ0v) is 9.47. The van der Waals surface area contributed by atoms with Gasteiger partial charge in [-0.1, -0.05) is 18.2 Å². The number of hydrogen-bond acceptors (Lipinski definition) is 2. The van der Waals surface area contributed by atoms with Crippen molar-refractivity contribution in [1.29, 1.82) is 0 Å². The Bertz CT molecular complexity index is 566. The van der Waals surface area contributed by atoms with Gasteiger partial charge in [0.2, 0.25) is 0 Å². The summed E-state index contributed by atoms with van der Waals surface area (Å²) in [5, 5.41) is 7.41. The maximum absolute atomic E-state index is 10.4. The average molecular weight is 227 g/mol. The summed E-state index contributed by atoms with van der Waals surface area (Å²) in [6.07, 6.45) is 3.50. The van der Waals surface area contributed by atoms with Gasteiger partial charge in [0.15, 0.2) is 5.78 Å². The van der Waals surface area contributed by atoms with Crippen LogP contribution in [0.1, 0.15) is 17.4 Å². The van der Waals surface area contributed by atoms with Gasteiger partial charge in [-0.05, 0) is 23.6 Å². The van der Waals surface area contributed by atoms with Gasteiger partial charge in [0, 0.05) is 24.8 Å². The van der Waals surface area contributed by atoms with Crippen molar-refractivity contribution >= 4 is 16.7 Å². The van der Waals surface area contributed by atoms with Crippen LogP contribution in [0.4, 0.5) is 0 Å². The number of carbonyl (C=O) groups excluding carboxylic acids is 1. The molecule has 4 nitrogen and oxygen atoms in total. The van der Waals surface area contributed by atoms with Crippen LogP contribution in [0.25, 0.3) is 10.9 Å². The highest BCUT2D eigenvalue weighted by atomic mass is 16.1. The van der Waals surface area contributed by atoms with Crippen LogP contribution in [0.15, 0.2) is 48.8 Å². The maximum Gasteiger partial charge on any atom is 0.177 e. The molecule has 0 aliphatic carbocycles. The van der Waals surface area contributed by atoms with Crippen LogP contribution in [-0.2, 0) is 0 Å². The number of nitrogens with zero attached hydrogens (tertiary/aromatic N) is 1. The number of rotatable bonds is 1. The van der Waals surface area contributed by atoms with E-state index in [0.717, 1.165) is 0 Å². The quantitative estimate of drug-likeness (QED) is 0.628. The number of carbonyl (C=O) groups is 1. The second-order valence-corrected chi connectivity index (χ2v) is 3.59. The number of hydrogen-bond donors (Lipinski definition) is 2. The molecule has 0 saturated carbocycles. The standard InChI is InChI=1S/C8H7N.C5H6N2O/c1-2-4-8-7(3-1)5-6-9-8;1-4(8)5-2-3-6-7-5/h1-6,9H;2-3H,1H3,(H,6,7). The fourth-order valence-electron chi connectivity index (χ4n) is 1.45. The predicted octanol–water partition coefficient (Wildman–Crippen LogP) is 2.78. The van der Waals surface area contributed by atoms with Crippen molar-refractivity contribution in [3.8, 4) is 0 Å². The Morgan fingerprint density at radius 3 is 2.59 bits per heavy atom. The summed E-state index contributed by atoms with van der Waals surface area (Å²) >= 11 is 0. The Labute approximate surface area is 98.7 Å². The lowest BCUT2D eigenvalue weighted by Gasteiger charge is -1.83. The van der Waals surface area contributed by atoms with E-state index in [1.54, 1.807) is 12.3 Å². The van der Waals surface area contributed by atoms with Crippen LogP contribution < -0.4 is 0 Å². The van der Waals surface area contributed by atoms with E-state index >= 15 is 0 Å². The number of aromatic amines is 2. The molecule has 2 heterocycles. The SMILES string of the molecule is CC(=O)c1ccn[nH]1.c1ccc2[nH]ccc2c1. The minimum Gasteiger partial charge on any atom is -0.361 e. The van der Waals surface area contributed by atoms with Gasteiger partial charge < -0.3 is 4.98 Å². The van der Waals surface area contributed by atoms with Crippen molar-refractivity contribution in [2.75, 3.05) is 0 Å². The highest BCUT2D eigenvalue weighted by Gasteiger charge is 1.95. The number of Topliss-reactive ketones (excluding diaryl/α,β-unsaturated/α-hetero) is 1. The van der Waals surface area contributed by atoms with Crippen LogP contribution in [0, 0.1) is 0 Å². The molecule has 86 valence electrons. The molecule has 17 heavy (non-hydrogen) atoms. The zero-order valence-electron chi connectivity index (χ0n) is 9.47. The maximum atomic E-state index is 10.4. The molecule has 0 unspecified atom stereocenters. The molecule has 0 amide bonds. The van der Waals surface area contributed by atoms with Crippen LogP contribution >= 0.6 is 0 Å². The van der Waals surface area contributed by atoms with Gasteiger partial charge in [0.1, 0.15) is 5.69 Å². The van der Waals surface area contributed by atoms with Gasteiger partial charge in [-0.15, -0.1) is 0 Å². The second kappa shape index (κ2) is 5.12. The number of aromatic nitrogens is 3. The summed E-state index contributed by atoms with van der Waals surface area (Å²) in [4.78, 5) is 13.6. The summed E-state index contributed by atoms with van der Waals surface area (Å²) in [5.41, 5.74) is 1.77. The van der Waals surface area contributed by atoms with Crippen molar-refractivity contribution in [2.45, 2.75) is 6.92 Å². The number of ketones is 1. The van der Waals surface area contributed by atoms with Crippen LogP contribution in [0.5, 0.6) is 0 Å². The van der Waals surface area contributed by atoms with E-state index in [9.17, 15) is 4.79 Å². The van der Waals surface area contributed by atoms with Crippen molar-refractivity contribution in [1.82, 2.24) is 15.2 Å². The van der Waals surface area contributed by atoms with E-state index in [1.807, 2.05) is 18.3 Å². The first-order chi connectivity index (χ1) is 8.27. The third-order valence-electron chi connectivity index (χ3n) is 2.34. The van der Waals surface area contributed by atoms with Crippen LogP contribution in [-0.4, -0.2) is 21.0 Å². The van der Waals surface area contributed by atoms with E-state index in [-0.39, 0.29) is 5.78 Å². The zero-order chi connectivity index (χ0) is 12.1. The molecule has 1 aromatic carbocycles. The molecule has 0 aliphatic heterocycles. The van der Waals surface area contributed by atoms with Crippen molar-refractivity contribution < 1.29 is 4.79 Å². The number of H-pyrrole nitrogens is 2. The minimum absolute atomic E-state index is 0.0162. The fourth-order valence-corrected chi connectivity index (χ4v) is 1.45. The molecule has 2 aromatic heterocycles. The fraction of sp³-hybridized carbons (Fsp3) is 0.0769. The molecule has 0 atom stereocenters. The Kier molecular flexibility index (Phi) is 3.35. The third kappa shape index (κ3) is 2.81. The number of fused-ring (bicyclic) bond motifs is 1. The minimum atomic E-state index is 0.0162. The van der Waals surface area contributed by atoms with E-state index < -0.39 is 0 Å². The lowest BCUT2D eigenvalue weighted by molar-refractivity contribution is 0.101. The number of benzene rings is 1. The molecule has 4 heteroatoms. The van der Waals surface area contributed by atoms with E-state index in [4.69, 9.17) is 0 Å². The first-order valence-corrected chi connectivity index (χ1v) is 5.30. The summed E-state index contributed by atoms with van der Waals surface area (Å²) in [7, 11) is 0. The molecule has 0 saturated heterocycles. The lowest BCUT2D eigenvalue weighted by atomic mass is 10.3. The predicted molar refractivity (Wildman–Crippen MR) is 66.9 cm³/mol. The van der Waals surface area contributed by atoms with Gasteiger partial charge in [-0.2, -0.15) is 5.10 Å². The summed E-state index contributed by atoms with van der Waals surface area (Å²) in [6, 6.07) is 11.9. The van der Waals surface area contributed by atoms with Crippen LogP contribution in [0.2, 0.25) is 0 Å². The van der Waals surface area contributed by atoms with Crippen LogP contribution in [0.3, 0.4) is 0 Å². The molecule has 2 N–H and O–H groups in total. The molecule has 0 aliphatic rings. The van der Waals surface area contributed by atoms with Gasteiger partial charge in [-0.3, -0.25) is 9.89 Å². The Morgan fingerprint density at radius 2 is 2.00 bits per heavy atom. The molecular weight excluding hydrogens is 214 g/mol. The highest BCUT2D eigenvalue weighted by molar-refractivity contribution is 5.91. The first-order valence-electron chi connectivity index (χ1n) is 5.30. The van der Waals surface area contributed by atoms with E-state index in [1.165, 1.54) is 17.8 Å². The van der Waals surface area contributed by atoms with Gasteiger partial charge in [0.05, 0.1) is 0 Å². The normalized spacial score (nSPS) is 9.71. The van der Waals surface area contributed by atoms with Gasteiger partial charge in [-0.25, -0.2) is 0 Å². The Morgan fingerprint density at radius 1 is 1.18 bits per heavy atom. The van der Waals surface area contributed by atoms with Crippen molar-refractivity contribution in [2.24, 2.45) is 0 Å². The number of para-hydroxylation sites is 1. The Hall–Kier alpha value is -2.36. The number of nitrogens with one attached hydrogen (secondary N) is 2. The van der Waals surface area contributed by atoms with Gasteiger partial charge in [0.25, 0.3) is 0 Å². The molecule has 0 spiro atoms. The first kappa shape index (κ1) is 11.1. The molecule has 3 rings (SSSR count). The highest BCUT2D eigenvalue weighted by Crippen LogP contribution is 2.09. The molecule has 0 bridgehead atoms. The van der Waals surface area contributed by atoms with Crippen molar-refractivity contribution in [3.05, 3.63) is 54.5 Å². The van der Waals surface area contributed by atoms with E-state index in [0.29, 0.717) is 5.69 Å². The summed E-state index contributed by atoms with van der Waals surface area (Å²) in [6.45, 7) is 1.49. The Balaban J connectivity index is 0.000000128. The average Bonchev–Trinajstić information content (AvgIpc) is 3.01. The van der Waals surface area contributed by atoms with E-state index in [2.05, 4.69) is 33.4 Å².